The number of carbonyl (C=O) groups excluding carboxylic acids is 1. The summed E-state index contributed by atoms with van der Waals surface area (Å²) in [6, 6.07) is 21.3. The van der Waals surface area contributed by atoms with Crippen LogP contribution in [0.15, 0.2) is 72.9 Å². The smallest absolute Gasteiger partial charge is 0.296 e. The molecule has 4 rings (SSSR count). The van der Waals surface area contributed by atoms with Crippen LogP contribution in [0.5, 0.6) is 0 Å². The summed E-state index contributed by atoms with van der Waals surface area (Å²) in [4.78, 5) is 17.5. The van der Waals surface area contributed by atoms with Gasteiger partial charge in [-0.05, 0) is 25.5 Å². The number of nitrogens with zero attached hydrogens (tertiary/aromatic N) is 5. The van der Waals surface area contributed by atoms with Gasteiger partial charge in [0.05, 0.1) is 17.9 Å². The van der Waals surface area contributed by atoms with Gasteiger partial charge in [-0.25, -0.2) is 14.3 Å². The highest BCUT2D eigenvalue weighted by Crippen LogP contribution is 2.22. The summed E-state index contributed by atoms with van der Waals surface area (Å²) in [6.07, 6.45) is 2.58. The van der Waals surface area contributed by atoms with Crippen molar-refractivity contribution < 1.29 is 4.79 Å². The Kier molecular flexibility index (Phi) is 5.20. The number of amides is 1. The van der Waals surface area contributed by atoms with E-state index in [4.69, 9.17) is 0 Å². The molecule has 2 aromatic carbocycles. The molecular weight excluding hydrogens is 364 g/mol. The Balaban J connectivity index is 1.71. The van der Waals surface area contributed by atoms with Crippen LogP contribution in [0.4, 0.5) is 5.82 Å². The lowest BCUT2D eigenvalue weighted by Gasteiger charge is -2.13. The second-order valence-corrected chi connectivity index (χ2v) is 6.74. The third-order valence-electron chi connectivity index (χ3n) is 4.76. The van der Waals surface area contributed by atoms with Gasteiger partial charge in [0.15, 0.2) is 5.82 Å². The van der Waals surface area contributed by atoms with Crippen LogP contribution in [-0.4, -0.2) is 30.5 Å². The lowest BCUT2D eigenvalue weighted by molar-refractivity contribution is 0.101. The molecule has 0 saturated heterocycles. The largest absolute Gasteiger partial charge is 0.304 e. The summed E-state index contributed by atoms with van der Waals surface area (Å²) < 4.78 is 3.49. The fraction of sp³-hybridized carbons (Fsp3) is 0.182. The Labute approximate surface area is 169 Å². The van der Waals surface area contributed by atoms with Gasteiger partial charge >= 0.3 is 0 Å². The molecule has 146 valence electrons. The molecule has 29 heavy (non-hydrogen) atoms. The minimum Gasteiger partial charge on any atom is -0.304 e. The van der Waals surface area contributed by atoms with Gasteiger partial charge in [0.2, 0.25) is 5.82 Å². The van der Waals surface area contributed by atoms with Gasteiger partial charge in [0.25, 0.3) is 5.91 Å². The van der Waals surface area contributed by atoms with E-state index >= 15 is 0 Å². The minimum absolute atomic E-state index is 0.101. The van der Waals surface area contributed by atoms with E-state index in [1.807, 2.05) is 60.7 Å². The molecule has 1 atom stereocenters. The lowest BCUT2D eigenvalue weighted by atomic mass is 10.2. The maximum Gasteiger partial charge on any atom is 0.296 e. The van der Waals surface area contributed by atoms with Crippen molar-refractivity contribution in [1.29, 1.82) is 0 Å². The van der Waals surface area contributed by atoms with Crippen molar-refractivity contribution in [2.75, 3.05) is 5.32 Å². The molecule has 0 bridgehead atoms. The number of hydrogen-bond acceptors (Lipinski definition) is 4. The van der Waals surface area contributed by atoms with Gasteiger partial charge in [-0.15, -0.1) is 5.10 Å². The topological polar surface area (TPSA) is 77.6 Å². The predicted molar refractivity (Wildman–Crippen MR) is 112 cm³/mol. The zero-order valence-electron chi connectivity index (χ0n) is 16.4. The first-order valence-corrected chi connectivity index (χ1v) is 9.60. The number of carbonyl (C=O) groups is 1. The summed E-state index contributed by atoms with van der Waals surface area (Å²) in [6.45, 7) is 4.13. The number of aromatic nitrogens is 5. The van der Waals surface area contributed by atoms with Gasteiger partial charge in [-0.2, -0.15) is 5.10 Å². The molecule has 7 nitrogen and oxygen atoms in total. The fourth-order valence-electron chi connectivity index (χ4n) is 3.04. The molecule has 0 aliphatic heterocycles. The lowest BCUT2D eigenvalue weighted by Crippen LogP contribution is -2.18. The van der Waals surface area contributed by atoms with E-state index < -0.39 is 0 Å². The number of hydrogen-bond donors (Lipinski definition) is 1. The maximum absolute atomic E-state index is 12.9. The van der Waals surface area contributed by atoms with Crippen LogP contribution in [0.2, 0.25) is 0 Å². The fourth-order valence-corrected chi connectivity index (χ4v) is 3.04. The Morgan fingerprint density at radius 3 is 2.41 bits per heavy atom. The maximum atomic E-state index is 12.9. The van der Waals surface area contributed by atoms with Crippen molar-refractivity contribution in [2.24, 2.45) is 0 Å². The van der Waals surface area contributed by atoms with E-state index in [1.165, 1.54) is 0 Å². The van der Waals surface area contributed by atoms with Gasteiger partial charge in [-0.3, -0.25) is 4.79 Å². The van der Waals surface area contributed by atoms with E-state index in [9.17, 15) is 4.79 Å². The summed E-state index contributed by atoms with van der Waals surface area (Å²) in [7, 11) is 0. The SMILES string of the molecule is CCC(C)n1nccc1NC(=O)c1nc(-c2ccccc2)n(-c2ccccc2)n1. The summed E-state index contributed by atoms with van der Waals surface area (Å²) in [5, 5.41) is 11.7. The third-order valence-corrected chi connectivity index (χ3v) is 4.76. The molecule has 7 heteroatoms. The Morgan fingerprint density at radius 1 is 1.03 bits per heavy atom. The van der Waals surface area contributed by atoms with Crippen LogP contribution in [-0.2, 0) is 0 Å². The zero-order valence-corrected chi connectivity index (χ0v) is 16.4. The van der Waals surface area contributed by atoms with Crippen molar-refractivity contribution in [3.8, 4) is 17.1 Å². The molecule has 1 N–H and O–H groups in total. The molecule has 1 amide bonds. The molecule has 0 fully saturated rings. The van der Waals surface area contributed by atoms with E-state index in [-0.39, 0.29) is 17.8 Å². The number of para-hydroxylation sites is 1. The average Bonchev–Trinajstić information content (AvgIpc) is 3.42. The second kappa shape index (κ2) is 8.10. The van der Waals surface area contributed by atoms with Crippen LogP contribution in [0.25, 0.3) is 17.1 Å². The molecule has 0 spiro atoms. The summed E-state index contributed by atoms with van der Waals surface area (Å²) in [5.41, 5.74) is 1.72. The van der Waals surface area contributed by atoms with Gasteiger partial charge < -0.3 is 5.32 Å². The highest BCUT2D eigenvalue weighted by Gasteiger charge is 2.20. The molecule has 0 aliphatic carbocycles. The second-order valence-electron chi connectivity index (χ2n) is 6.74. The third kappa shape index (κ3) is 3.80. The molecule has 0 radical (unpaired) electrons. The van der Waals surface area contributed by atoms with E-state index in [0.29, 0.717) is 11.6 Å². The highest BCUT2D eigenvalue weighted by molar-refractivity contribution is 6.01. The monoisotopic (exact) mass is 386 g/mol. The van der Waals surface area contributed by atoms with Crippen LogP contribution >= 0.6 is 0 Å². The normalized spacial score (nSPS) is 11.9. The van der Waals surface area contributed by atoms with Crippen molar-refractivity contribution in [3.05, 3.63) is 78.8 Å². The minimum atomic E-state index is -0.373. The predicted octanol–water partition coefficient (Wildman–Crippen LogP) is 4.35. The van der Waals surface area contributed by atoms with E-state index in [2.05, 4.69) is 34.3 Å². The van der Waals surface area contributed by atoms with Crippen LogP contribution < -0.4 is 5.32 Å². The molecule has 2 aromatic heterocycles. The van der Waals surface area contributed by atoms with E-state index in [0.717, 1.165) is 17.7 Å². The zero-order chi connectivity index (χ0) is 20.2. The summed E-state index contributed by atoms with van der Waals surface area (Å²) >= 11 is 0. The molecular formula is C22H22N6O. The van der Waals surface area contributed by atoms with Gasteiger partial charge in [-0.1, -0.05) is 55.5 Å². The number of nitrogens with one attached hydrogen (secondary N) is 1. The molecule has 0 saturated carbocycles. The molecule has 0 aliphatic rings. The summed E-state index contributed by atoms with van der Waals surface area (Å²) in [5.74, 6) is 0.963. The van der Waals surface area contributed by atoms with Crippen LogP contribution in [0.3, 0.4) is 0 Å². The first kappa shape index (κ1) is 18.6. The Hall–Kier alpha value is -3.74. The quantitative estimate of drug-likeness (QED) is 0.534. The Bertz CT molecular complexity index is 1040. The van der Waals surface area contributed by atoms with Crippen LogP contribution in [0.1, 0.15) is 36.9 Å². The van der Waals surface area contributed by atoms with Crippen molar-refractivity contribution in [3.63, 3.8) is 0 Å². The van der Waals surface area contributed by atoms with E-state index in [1.54, 1.807) is 21.6 Å². The highest BCUT2D eigenvalue weighted by atomic mass is 16.2. The van der Waals surface area contributed by atoms with Gasteiger partial charge in [0, 0.05) is 11.6 Å². The van der Waals surface area contributed by atoms with Gasteiger partial charge in [0.1, 0.15) is 5.82 Å². The molecule has 2 heterocycles. The molecule has 1 unspecified atom stereocenters. The standard InChI is InChI=1S/C22H22N6O/c1-3-16(2)27-19(14-15-23-27)24-22(29)20-25-21(17-10-6-4-7-11-17)28(26-20)18-12-8-5-9-13-18/h4-16H,3H2,1-2H3,(H,24,29). The van der Waals surface area contributed by atoms with Crippen molar-refractivity contribution in [2.45, 2.75) is 26.3 Å². The van der Waals surface area contributed by atoms with Crippen molar-refractivity contribution in [1.82, 2.24) is 24.5 Å². The number of anilines is 1. The number of rotatable bonds is 6. The average molecular weight is 386 g/mol. The molecule has 4 aromatic rings. The van der Waals surface area contributed by atoms with Crippen LogP contribution in [0, 0.1) is 0 Å². The number of benzene rings is 2. The first-order chi connectivity index (χ1) is 14.2. The van der Waals surface area contributed by atoms with Crippen molar-refractivity contribution >= 4 is 11.7 Å². The first-order valence-electron chi connectivity index (χ1n) is 9.60. The Morgan fingerprint density at radius 2 is 1.72 bits per heavy atom.